The Morgan fingerprint density at radius 2 is 2.14 bits per heavy atom. The molecule has 0 aromatic carbocycles. The monoisotopic (exact) mass is 323 g/mol. The van der Waals surface area contributed by atoms with Crippen molar-refractivity contribution in [3.63, 3.8) is 0 Å². The fourth-order valence-corrected chi connectivity index (χ4v) is 3.43. The first-order valence-corrected chi connectivity index (χ1v) is 8.15. The Bertz CT molecular complexity index is 604. The number of rotatable bonds is 3. The van der Waals surface area contributed by atoms with E-state index in [-0.39, 0.29) is 17.5 Å². The van der Waals surface area contributed by atoms with E-state index in [4.69, 9.17) is 5.14 Å². The van der Waals surface area contributed by atoms with E-state index in [9.17, 15) is 21.6 Å². The van der Waals surface area contributed by atoms with E-state index in [1.807, 2.05) is 0 Å². The van der Waals surface area contributed by atoms with Crippen LogP contribution < -0.4 is 10.0 Å². The van der Waals surface area contributed by atoms with E-state index in [1.54, 1.807) is 4.90 Å². The largest absolute Gasteiger partial charge is 0.416 e. The SMILES string of the molecule is NS(=O)(=O)CC1CCCN(c2cc(C(F)(F)F)ccn2)C1. The molecule has 118 valence electrons. The number of piperidine rings is 1. The van der Waals surface area contributed by atoms with Crippen LogP contribution in [0.25, 0.3) is 0 Å². The van der Waals surface area contributed by atoms with Gasteiger partial charge in [-0.25, -0.2) is 18.5 Å². The third-order valence-corrected chi connectivity index (χ3v) is 4.32. The van der Waals surface area contributed by atoms with Crippen LogP contribution in [0.1, 0.15) is 18.4 Å². The second-order valence-corrected chi connectivity index (χ2v) is 6.84. The van der Waals surface area contributed by atoms with Gasteiger partial charge in [0.2, 0.25) is 10.0 Å². The Balaban J connectivity index is 2.15. The Hall–Kier alpha value is -1.35. The van der Waals surface area contributed by atoms with Crippen LogP contribution in [0, 0.1) is 5.92 Å². The molecule has 2 rings (SSSR count). The molecular formula is C12H16F3N3O2S. The molecule has 0 saturated carbocycles. The zero-order valence-corrected chi connectivity index (χ0v) is 12.0. The number of hydrogen-bond donors (Lipinski definition) is 1. The first kappa shape index (κ1) is 16.0. The molecule has 21 heavy (non-hydrogen) atoms. The first-order chi connectivity index (χ1) is 9.65. The average molecular weight is 323 g/mol. The van der Waals surface area contributed by atoms with Crippen LogP contribution >= 0.6 is 0 Å². The van der Waals surface area contributed by atoms with Crippen molar-refractivity contribution in [3.8, 4) is 0 Å². The Labute approximate surface area is 121 Å². The molecule has 1 aromatic rings. The summed E-state index contributed by atoms with van der Waals surface area (Å²) in [6.07, 6.45) is -1.93. The van der Waals surface area contributed by atoms with Crippen LogP contribution in [0.15, 0.2) is 18.3 Å². The Kier molecular flexibility index (Phi) is 4.43. The molecule has 1 atom stereocenters. The van der Waals surface area contributed by atoms with Crippen LogP contribution in [0.5, 0.6) is 0 Å². The average Bonchev–Trinajstić information content (AvgIpc) is 2.36. The molecule has 1 unspecified atom stereocenters. The summed E-state index contributed by atoms with van der Waals surface area (Å²) in [5.41, 5.74) is -0.763. The minimum Gasteiger partial charge on any atom is -0.356 e. The van der Waals surface area contributed by atoms with E-state index in [2.05, 4.69) is 4.98 Å². The van der Waals surface area contributed by atoms with Gasteiger partial charge in [0.25, 0.3) is 0 Å². The molecular weight excluding hydrogens is 307 g/mol. The number of halogens is 3. The number of hydrogen-bond acceptors (Lipinski definition) is 4. The molecule has 0 radical (unpaired) electrons. The lowest BCUT2D eigenvalue weighted by Gasteiger charge is -2.33. The first-order valence-electron chi connectivity index (χ1n) is 6.44. The van der Waals surface area contributed by atoms with Crippen molar-refractivity contribution in [1.29, 1.82) is 0 Å². The number of aromatic nitrogens is 1. The fraction of sp³-hybridized carbons (Fsp3) is 0.583. The summed E-state index contributed by atoms with van der Waals surface area (Å²) >= 11 is 0. The van der Waals surface area contributed by atoms with E-state index in [1.165, 1.54) is 0 Å². The lowest BCUT2D eigenvalue weighted by atomic mass is 10.00. The number of nitrogens with zero attached hydrogens (tertiary/aromatic N) is 2. The number of sulfonamides is 1. The van der Waals surface area contributed by atoms with Gasteiger partial charge in [0.1, 0.15) is 5.82 Å². The topological polar surface area (TPSA) is 76.3 Å². The van der Waals surface area contributed by atoms with Crippen molar-refractivity contribution in [1.82, 2.24) is 4.98 Å². The minimum atomic E-state index is -4.42. The highest BCUT2D eigenvalue weighted by atomic mass is 32.2. The molecule has 0 bridgehead atoms. The van der Waals surface area contributed by atoms with Crippen LogP contribution in [0.3, 0.4) is 0 Å². The zero-order chi connectivity index (χ0) is 15.7. The Morgan fingerprint density at radius 3 is 2.76 bits per heavy atom. The zero-order valence-electron chi connectivity index (χ0n) is 11.2. The van der Waals surface area contributed by atoms with Crippen molar-refractivity contribution >= 4 is 15.8 Å². The normalized spacial score (nSPS) is 20.6. The molecule has 1 aliphatic heterocycles. The van der Waals surface area contributed by atoms with Gasteiger partial charge >= 0.3 is 6.18 Å². The van der Waals surface area contributed by atoms with Crippen molar-refractivity contribution in [2.75, 3.05) is 23.7 Å². The molecule has 1 aliphatic rings. The maximum atomic E-state index is 12.7. The summed E-state index contributed by atoms with van der Waals surface area (Å²) < 4.78 is 60.3. The molecule has 2 heterocycles. The maximum absolute atomic E-state index is 12.7. The highest BCUT2D eigenvalue weighted by Crippen LogP contribution is 2.31. The number of alkyl halides is 3. The summed E-state index contributed by atoms with van der Waals surface area (Å²) in [6, 6.07) is 1.90. The number of pyridine rings is 1. The van der Waals surface area contributed by atoms with E-state index < -0.39 is 21.8 Å². The molecule has 1 aromatic heterocycles. The van der Waals surface area contributed by atoms with Gasteiger partial charge in [-0.05, 0) is 30.9 Å². The van der Waals surface area contributed by atoms with Crippen molar-refractivity contribution in [2.24, 2.45) is 11.1 Å². The molecule has 1 saturated heterocycles. The standard InChI is InChI=1S/C12H16F3N3O2S/c13-12(14,15)10-3-4-17-11(6-10)18-5-1-2-9(7-18)8-21(16,19)20/h3-4,6,9H,1-2,5,7-8H2,(H2,16,19,20). The van der Waals surface area contributed by atoms with Crippen LogP contribution in [-0.4, -0.2) is 32.2 Å². The van der Waals surface area contributed by atoms with Gasteiger partial charge < -0.3 is 4.90 Å². The predicted molar refractivity (Wildman–Crippen MR) is 72.2 cm³/mol. The smallest absolute Gasteiger partial charge is 0.356 e. The summed E-state index contributed by atoms with van der Waals surface area (Å²) in [7, 11) is -3.59. The van der Waals surface area contributed by atoms with E-state index in [0.717, 1.165) is 18.3 Å². The molecule has 1 fully saturated rings. The third kappa shape index (κ3) is 4.57. The van der Waals surface area contributed by atoms with E-state index >= 15 is 0 Å². The van der Waals surface area contributed by atoms with Gasteiger partial charge in [-0.2, -0.15) is 13.2 Å². The summed E-state index contributed by atoms with van der Waals surface area (Å²) in [5, 5.41) is 5.02. The maximum Gasteiger partial charge on any atom is 0.416 e. The molecule has 0 aliphatic carbocycles. The van der Waals surface area contributed by atoms with Crippen LogP contribution in [0.2, 0.25) is 0 Å². The molecule has 2 N–H and O–H groups in total. The van der Waals surface area contributed by atoms with Crippen molar-refractivity contribution in [2.45, 2.75) is 19.0 Å². The van der Waals surface area contributed by atoms with Gasteiger partial charge in [-0.3, -0.25) is 0 Å². The number of anilines is 1. The van der Waals surface area contributed by atoms with E-state index in [0.29, 0.717) is 25.9 Å². The molecule has 0 amide bonds. The van der Waals surface area contributed by atoms with Crippen molar-refractivity contribution < 1.29 is 21.6 Å². The van der Waals surface area contributed by atoms with Crippen LogP contribution in [0.4, 0.5) is 19.0 Å². The van der Waals surface area contributed by atoms with Crippen LogP contribution in [-0.2, 0) is 16.2 Å². The fourth-order valence-electron chi connectivity index (χ4n) is 2.51. The third-order valence-electron chi connectivity index (χ3n) is 3.38. The second kappa shape index (κ2) is 5.80. The molecule has 9 heteroatoms. The quantitative estimate of drug-likeness (QED) is 0.917. The van der Waals surface area contributed by atoms with Gasteiger partial charge in [-0.1, -0.05) is 0 Å². The number of nitrogens with two attached hydrogens (primary N) is 1. The molecule has 5 nitrogen and oxygen atoms in total. The summed E-state index contributed by atoms with van der Waals surface area (Å²) in [6.45, 7) is 0.889. The predicted octanol–water partition coefficient (Wildman–Crippen LogP) is 1.61. The summed E-state index contributed by atoms with van der Waals surface area (Å²) in [5.74, 6) is -0.142. The van der Waals surface area contributed by atoms with Gasteiger partial charge in [0.05, 0.1) is 11.3 Å². The van der Waals surface area contributed by atoms with Gasteiger partial charge in [-0.15, -0.1) is 0 Å². The number of primary sulfonamides is 1. The van der Waals surface area contributed by atoms with Gasteiger partial charge in [0, 0.05) is 19.3 Å². The highest BCUT2D eigenvalue weighted by Gasteiger charge is 2.32. The minimum absolute atomic E-state index is 0.164. The molecule has 0 spiro atoms. The highest BCUT2D eigenvalue weighted by molar-refractivity contribution is 7.89. The lowest BCUT2D eigenvalue weighted by molar-refractivity contribution is -0.137. The van der Waals surface area contributed by atoms with Gasteiger partial charge in [0.15, 0.2) is 0 Å². The Morgan fingerprint density at radius 1 is 1.43 bits per heavy atom. The summed E-state index contributed by atoms with van der Waals surface area (Å²) in [4.78, 5) is 5.63. The van der Waals surface area contributed by atoms with Crippen molar-refractivity contribution in [3.05, 3.63) is 23.9 Å². The lowest BCUT2D eigenvalue weighted by Crippen LogP contribution is -2.39. The second-order valence-electron chi connectivity index (χ2n) is 5.18.